The highest BCUT2D eigenvalue weighted by Gasteiger charge is 2.10. The van der Waals surface area contributed by atoms with E-state index in [0.717, 1.165) is 16.7 Å². The van der Waals surface area contributed by atoms with Gasteiger partial charge in [-0.2, -0.15) is 0 Å². The monoisotopic (exact) mass is 308 g/mol. The average molecular weight is 309 g/mol. The second-order valence-corrected chi connectivity index (χ2v) is 4.63. The second kappa shape index (κ2) is 5.96. The molecule has 0 spiro atoms. The van der Waals surface area contributed by atoms with Crippen LogP contribution in [0.2, 0.25) is 0 Å². The summed E-state index contributed by atoms with van der Waals surface area (Å²) in [6.45, 7) is 0.504. The minimum Gasteiger partial charge on any atom is -0.355 e. The van der Waals surface area contributed by atoms with Crippen molar-refractivity contribution in [2.75, 3.05) is 11.9 Å². The van der Waals surface area contributed by atoms with Crippen LogP contribution in [0.3, 0.4) is 0 Å². The summed E-state index contributed by atoms with van der Waals surface area (Å²) >= 11 is 3.44. The lowest BCUT2D eigenvalue weighted by atomic mass is 10.2. The van der Waals surface area contributed by atoms with Gasteiger partial charge in [0.1, 0.15) is 11.6 Å². The molecule has 0 fully saturated rings. The lowest BCUT2D eigenvalue weighted by Gasteiger charge is -2.20. The Morgan fingerprint density at radius 3 is 2.61 bits per heavy atom. The lowest BCUT2D eigenvalue weighted by molar-refractivity contribution is 0.607. The summed E-state index contributed by atoms with van der Waals surface area (Å²) in [6, 6.07) is 10.7. The third-order valence-corrected chi connectivity index (χ3v) is 3.34. The van der Waals surface area contributed by atoms with Crippen LogP contribution < -0.4 is 4.90 Å². The van der Waals surface area contributed by atoms with Crippen LogP contribution >= 0.6 is 15.9 Å². The molecule has 0 unspecified atom stereocenters. The Labute approximate surface area is 115 Å². The van der Waals surface area contributed by atoms with Crippen LogP contribution in [0.4, 0.5) is 10.2 Å². The van der Waals surface area contributed by atoms with Crippen LogP contribution in [0, 0.1) is 5.82 Å². The van der Waals surface area contributed by atoms with Crippen molar-refractivity contribution in [1.29, 1.82) is 0 Å². The number of hydrogen-bond donors (Lipinski definition) is 0. The van der Waals surface area contributed by atoms with Crippen LogP contribution in [0.15, 0.2) is 42.6 Å². The van der Waals surface area contributed by atoms with Crippen LogP contribution in [-0.4, -0.2) is 12.0 Å². The maximum atomic E-state index is 13.6. The molecule has 2 rings (SSSR count). The van der Waals surface area contributed by atoms with Gasteiger partial charge in [0.2, 0.25) is 0 Å². The van der Waals surface area contributed by atoms with Gasteiger partial charge < -0.3 is 4.90 Å². The highest BCUT2D eigenvalue weighted by atomic mass is 79.9. The number of benzene rings is 1. The number of rotatable bonds is 4. The molecule has 0 amide bonds. The van der Waals surface area contributed by atoms with Crippen molar-refractivity contribution in [3.05, 3.63) is 59.5 Å². The van der Waals surface area contributed by atoms with Crippen molar-refractivity contribution in [2.45, 2.75) is 11.9 Å². The van der Waals surface area contributed by atoms with E-state index in [0.29, 0.717) is 12.1 Å². The zero-order valence-electron chi connectivity index (χ0n) is 10.1. The zero-order valence-corrected chi connectivity index (χ0v) is 11.7. The molecular weight excluding hydrogens is 295 g/mol. The fourth-order valence-corrected chi connectivity index (χ4v) is 2.27. The van der Waals surface area contributed by atoms with E-state index >= 15 is 0 Å². The summed E-state index contributed by atoms with van der Waals surface area (Å²) in [5.74, 6) is 0.693. The molecule has 0 bridgehead atoms. The molecule has 0 N–H and O–H groups in total. The summed E-state index contributed by atoms with van der Waals surface area (Å²) in [4.78, 5) is 6.30. The van der Waals surface area contributed by atoms with Gasteiger partial charge in [-0.25, -0.2) is 9.37 Å². The predicted octanol–water partition coefficient (Wildman–Crippen LogP) is 3.75. The summed E-state index contributed by atoms with van der Waals surface area (Å²) in [7, 11) is 1.92. The highest BCUT2D eigenvalue weighted by Crippen LogP contribution is 2.20. The molecule has 0 aliphatic rings. The molecule has 1 aromatic heterocycles. The SMILES string of the molecule is CN(Cc1ccccc1F)c1ncccc1CBr. The van der Waals surface area contributed by atoms with E-state index < -0.39 is 0 Å². The maximum absolute atomic E-state index is 13.6. The average Bonchev–Trinajstić information content (AvgIpc) is 2.41. The molecule has 0 aliphatic heterocycles. The minimum absolute atomic E-state index is 0.180. The van der Waals surface area contributed by atoms with Gasteiger partial charge in [0, 0.05) is 36.2 Å². The largest absolute Gasteiger partial charge is 0.355 e. The van der Waals surface area contributed by atoms with Crippen molar-refractivity contribution in [3.63, 3.8) is 0 Å². The quantitative estimate of drug-likeness (QED) is 0.800. The fraction of sp³-hybridized carbons (Fsp3) is 0.214. The van der Waals surface area contributed by atoms with E-state index in [4.69, 9.17) is 0 Å². The van der Waals surface area contributed by atoms with Gasteiger partial charge in [-0.15, -0.1) is 0 Å². The van der Waals surface area contributed by atoms with Crippen LogP contribution in [0.5, 0.6) is 0 Å². The first-order valence-electron chi connectivity index (χ1n) is 5.66. The molecule has 4 heteroatoms. The van der Waals surface area contributed by atoms with Crippen LogP contribution in [-0.2, 0) is 11.9 Å². The van der Waals surface area contributed by atoms with Gasteiger partial charge in [-0.1, -0.05) is 40.2 Å². The molecule has 2 aromatic rings. The molecule has 0 saturated carbocycles. The Kier molecular flexibility index (Phi) is 4.31. The van der Waals surface area contributed by atoms with Gasteiger partial charge in [0.05, 0.1) is 0 Å². The van der Waals surface area contributed by atoms with E-state index in [1.165, 1.54) is 6.07 Å². The van der Waals surface area contributed by atoms with Crippen molar-refractivity contribution >= 4 is 21.7 Å². The highest BCUT2D eigenvalue weighted by molar-refractivity contribution is 9.08. The smallest absolute Gasteiger partial charge is 0.132 e. The van der Waals surface area contributed by atoms with Crippen molar-refractivity contribution in [1.82, 2.24) is 4.98 Å². The molecule has 1 heterocycles. The van der Waals surface area contributed by atoms with E-state index in [2.05, 4.69) is 20.9 Å². The Balaban J connectivity index is 2.22. The maximum Gasteiger partial charge on any atom is 0.132 e. The van der Waals surface area contributed by atoms with Gasteiger partial charge in [-0.3, -0.25) is 0 Å². The van der Waals surface area contributed by atoms with Crippen molar-refractivity contribution < 1.29 is 4.39 Å². The van der Waals surface area contributed by atoms with Crippen molar-refractivity contribution in [3.8, 4) is 0 Å². The predicted molar refractivity (Wildman–Crippen MR) is 75.4 cm³/mol. The minimum atomic E-state index is -0.180. The topological polar surface area (TPSA) is 16.1 Å². The summed E-state index contributed by atoms with van der Waals surface area (Å²) in [5, 5.41) is 0.734. The number of pyridine rings is 1. The molecule has 0 atom stereocenters. The lowest BCUT2D eigenvalue weighted by Crippen LogP contribution is -2.19. The number of halogens is 2. The molecule has 18 heavy (non-hydrogen) atoms. The normalized spacial score (nSPS) is 10.4. The van der Waals surface area contributed by atoms with E-state index in [1.807, 2.05) is 30.1 Å². The molecular formula is C14H14BrFN2. The summed E-state index contributed by atoms with van der Waals surface area (Å²) < 4.78 is 13.6. The first-order valence-corrected chi connectivity index (χ1v) is 6.79. The zero-order chi connectivity index (χ0) is 13.0. The number of alkyl halides is 1. The van der Waals surface area contributed by atoms with E-state index in [9.17, 15) is 4.39 Å². The molecule has 0 radical (unpaired) electrons. The third-order valence-electron chi connectivity index (χ3n) is 2.74. The van der Waals surface area contributed by atoms with E-state index in [1.54, 1.807) is 18.3 Å². The third kappa shape index (κ3) is 2.88. The molecule has 0 saturated heterocycles. The Hall–Kier alpha value is -1.42. The fourth-order valence-electron chi connectivity index (χ4n) is 1.84. The van der Waals surface area contributed by atoms with Crippen molar-refractivity contribution in [2.24, 2.45) is 0 Å². The van der Waals surface area contributed by atoms with Gasteiger partial charge in [-0.05, 0) is 12.1 Å². The van der Waals surface area contributed by atoms with Crippen LogP contribution in [0.1, 0.15) is 11.1 Å². The Bertz CT molecular complexity index is 531. The first kappa shape index (κ1) is 13.0. The van der Waals surface area contributed by atoms with Gasteiger partial charge in [0.25, 0.3) is 0 Å². The number of anilines is 1. The standard InChI is InChI=1S/C14H14BrFN2/c1-18(10-12-5-2-3-7-13(12)16)14-11(9-15)6-4-8-17-14/h2-8H,9-10H2,1H3. The second-order valence-electron chi connectivity index (χ2n) is 4.07. The van der Waals surface area contributed by atoms with Gasteiger partial charge in [0.15, 0.2) is 0 Å². The molecule has 1 aromatic carbocycles. The summed E-state index contributed by atoms with van der Waals surface area (Å²) in [6.07, 6.45) is 1.75. The summed E-state index contributed by atoms with van der Waals surface area (Å²) in [5.41, 5.74) is 1.77. The molecule has 0 aliphatic carbocycles. The van der Waals surface area contributed by atoms with Crippen LogP contribution in [0.25, 0.3) is 0 Å². The number of aromatic nitrogens is 1. The Morgan fingerprint density at radius 1 is 1.17 bits per heavy atom. The molecule has 2 nitrogen and oxygen atoms in total. The van der Waals surface area contributed by atoms with E-state index in [-0.39, 0.29) is 5.82 Å². The number of hydrogen-bond acceptors (Lipinski definition) is 2. The van der Waals surface area contributed by atoms with Gasteiger partial charge >= 0.3 is 0 Å². The first-order chi connectivity index (χ1) is 8.72. The number of nitrogens with zero attached hydrogens (tertiary/aromatic N) is 2. The molecule has 94 valence electrons. The Morgan fingerprint density at radius 2 is 1.89 bits per heavy atom.